The van der Waals surface area contributed by atoms with E-state index in [-0.39, 0.29) is 5.91 Å². The second-order valence-corrected chi connectivity index (χ2v) is 6.72. The summed E-state index contributed by atoms with van der Waals surface area (Å²) < 4.78 is 0. The molecule has 0 spiro atoms. The second-order valence-electron chi connectivity index (χ2n) is 6.29. The van der Waals surface area contributed by atoms with Crippen LogP contribution in [0.2, 0.25) is 5.02 Å². The van der Waals surface area contributed by atoms with E-state index in [2.05, 4.69) is 31.3 Å². The molecule has 2 atom stereocenters. The van der Waals surface area contributed by atoms with Gasteiger partial charge in [-0.1, -0.05) is 32.4 Å². The first-order valence-corrected chi connectivity index (χ1v) is 7.97. The number of nitrogens with zero attached hydrogens (tertiary/aromatic N) is 1. The van der Waals surface area contributed by atoms with Crippen LogP contribution in [0.4, 0.5) is 0 Å². The summed E-state index contributed by atoms with van der Waals surface area (Å²) in [4.78, 5) is 12.1. The van der Waals surface area contributed by atoms with Gasteiger partial charge < -0.3 is 0 Å². The van der Waals surface area contributed by atoms with Crippen LogP contribution in [0.15, 0.2) is 29.4 Å². The number of carbonyl (C=O) groups excluding carboxylic acids is 1. The third-order valence-corrected chi connectivity index (χ3v) is 4.42. The molecule has 1 fully saturated rings. The Balaban J connectivity index is 2.06. The van der Waals surface area contributed by atoms with Gasteiger partial charge in [0.1, 0.15) is 0 Å². The number of hydrogen-bond donors (Lipinski definition) is 1. The molecule has 21 heavy (non-hydrogen) atoms. The molecule has 0 heterocycles. The summed E-state index contributed by atoms with van der Waals surface area (Å²) in [6, 6.07) is 6.84. The standard InChI is InChI=1S/C17H23ClN2O/c1-11(2)15-9-4-12(3)10-16(15)19-20-17(21)13-5-7-14(18)8-6-13/h5-8,11-12,15H,4,9-10H2,1-3H3,(H,20,21)/b19-16-/t12-,15+/m0/s1. The van der Waals surface area contributed by atoms with Gasteiger partial charge in [-0.3, -0.25) is 4.79 Å². The molecule has 0 aliphatic heterocycles. The summed E-state index contributed by atoms with van der Waals surface area (Å²) in [6.45, 7) is 6.68. The fraction of sp³-hybridized carbons (Fsp3) is 0.529. The van der Waals surface area contributed by atoms with Crippen molar-refractivity contribution in [3.05, 3.63) is 34.9 Å². The lowest BCUT2D eigenvalue weighted by Crippen LogP contribution is -2.31. The molecule has 1 saturated carbocycles. The lowest BCUT2D eigenvalue weighted by molar-refractivity contribution is 0.0954. The molecule has 2 rings (SSSR count). The fourth-order valence-corrected chi connectivity index (χ4v) is 3.00. The molecule has 1 aromatic rings. The molecule has 114 valence electrons. The zero-order chi connectivity index (χ0) is 15.4. The topological polar surface area (TPSA) is 41.5 Å². The molecule has 1 N–H and O–H groups in total. The van der Waals surface area contributed by atoms with Crippen molar-refractivity contribution >= 4 is 23.2 Å². The second kappa shape index (κ2) is 7.08. The first-order valence-electron chi connectivity index (χ1n) is 7.59. The number of benzene rings is 1. The highest BCUT2D eigenvalue weighted by Crippen LogP contribution is 2.31. The highest BCUT2D eigenvalue weighted by atomic mass is 35.5. The van der Waals surface area contributed by atoms with Crippen molar-refractivity contribution in [3.8, 4) is 0 Å². The molecule has 4 heteroatoms. The first kappa shape index (κ1) is 16.0. The number of amides is 1. The van der Waals surface area contributed by atoms with Crippen LogP contribution in [-0.2, 0) is 0 Å². The maximum absolute atomic E-state index is 12.1. The summed E-state index contributed by atoms with van der Waals surface area (Å²) >= 11 is 5.83. The molecular formula is C17H23ClN2O. The number of rotatable bonds is 3. The Labute approximate surface area is 131 Å². The lowest BCUT2D eigenvalue weighted by atomic mass is 9.76. The van der Waals surface area contributed by atoms with Gasteiger partial charge in [0.15, 0.2) is 0 Å². The van der Waals surface area contributed by atoms with Gasteiger partial charge in [0.05, 0.1) is 0 Å². The Hall–Kier alpha value is -1.35. The van der Waals surface area contributed by atoms with Crippen molar-refractivity contribution in [2.24, 2.45) is 22.9 Å². The van der Waals surface area contributed by atoms with Crippen LogP contribution in [0.3, 0.4) is 0 Å². The van der Waals surface area contributed by atoms with Crippen LogP contribution >= 0.6 is 11.6 Å². The molecule has 1 amide bonds. The van der Waals surface area contributed by atoms with E-state index >= 15 is 0 Å². The number of hydrogen-bond acceptors (Lipinski definition) is 2. The number of carbonyl (C=O) groups is 1. The van der Waals surface area contributed by atoms with Crippen LogP contribution in [0.5, 0.6) is 0 Å². The Morgan fingerprint density at radius 2 is 1.95 bits per heavy atom. The maximum Gasteiger partial charge on any atom is 0.271 e. The largest absolute Gasteiger partial charge is 0.271 e. The molecule has 3 nitrogen and oxygen atoms in total. The van der Waals surface area contributed by atoms with Gasteiger partial charge in [0.25, 0.3) is 5.91 Å². The van der Waals surface area contributed by atoms with Gasteiger partial charge in [-0.15, -0.1) is 0 Å². The first-order chi connectivity index (χ1) is 9.97. The molecule has 0 saturated heterocycles. The SMILES string of the molecule is CC(C)[C@H]1CC[C@H](C)C/C1=N/NC(=O)c1ccc(Cl)cc1. The summed E-state index contributed by atoms with van der Waals surface area (Å²) in [5.74, 6) is 1.50. The summed E-state index contributed by atoms with van der Waals surface area (Å²) in [5, 5.41) is 5.04. The van der Waals surface area contributed by atoms with Crippen molar-refractivity contribution in [2.75, 3.05) is 0 Å². The number of hydrazone groups is 1. The van der Waals surface area contributed by atoms with E-state index in [4.69, 9.17) is 11.6 Å². The number of halogens is 1. The average molecular weight is 307 g/mol. The summed E-state index contributed by atoms with van der Waals surface area (Å²) in [6.07, 6.45) is 3.38. The van der Waals surface area contributed by atoms with Crippen molar-refractivity contribution in [2.45, 2.75) is 40.0 Å². The Bertz CT molecular complexity index is 522. The zero-order valence-corrected chi connectivity index (χ0v) is 13.7. The van der Waals surface area contributed by atoms with Gasteiger partial charge in [-0.25, -0.2) is 5.43 Å². The van der Waals surface area contributed by atoms with Gasteiger partial charge in [-0.05, 0) is 55.4 Å². The van der Waals surface area contributed by atoms with Crippen LogP contribution in [0, 0.1) is 17.8 Å². The predicted molar refractivity (Wildman–Crippen MR) is 87.7 cm³/mol. The third kappa shape index (κ3) is 4.31. The van der Waals surface area contributed by atoms with Crippen LogP contribution in [-0.4, -0.2) is 11.6 Å². The molecule has 1 aromatic carbocycles. The molecular weight excluding hydrogens is 284 g/mol. The zero-order valence-electron chi connectivity index (χ0n) is 12.9. The molecule has 0 radical (unpaired) electrons. The van der Waals surface area contributed by atoms with Crippen molar-refractivity contribution in [1.29, 1.82) is 0 Å². The maximum atomic E-state index is 12.1. The van der Waals surface area contributed by atoms with E-state index < -0.39 is 0 Å². The van der Waals surface area contributed by atoms with Gasteiger partial charge in [0, 0.05) is 22.2 Å². The normalized spacial score (nSPS) is 24.3. The lowest BCUT2D eigenvalue weighted by Gasteiger charge is -2.30. The molecule has 1 aliphatic rings. The highest BCUT2D eigenvalue weighted by Gasteiger charge is 2.27. The quantitative estimate of drug-likeness (QED) is 0.820. The van der Waals surface area contributed by atoms with Crippen LogP contribution < -0.4 is 5.43 Å². The monoisotopic (exact) mass is 306 g/mol. The molecule has 0 aromatic heterocycles. The average Bonchev–Trinajstić information content (AvgIpc) is 2.45. The Morgan fingerprint density at radius 3 is 2.57 bits per heavy atom. The van der Waals surface area contributed by atoms with Crippen molar-refractivity contribution in [1.82, 2.24) is 5.43 Å². The van der Waals surface area contributed by atoms with Crippen molar-refractivity contribution in [3.63, 3.8) is 0 Å². The minimum atomic E-state index is -0.181. The van der Waals surface area contributed by atoms with Crippen molar-refractivity contribution < 1.29 is 4.79 Å². The summed E-state index contributed by atoms with van der Waals surface area (Å²) in [5.41, 5.74) is 4.41. The van der Waals surface area contributed by atoms with E-state index in [1.165, 1.54) is 6.42 Å². The minimum absolute atomic E-state index is 0.181. The Kier molecular flexibility index (Phi) is 5.40. The van der Waals surface area contributed by atoms with Gasteiger partial charge >= 0.3 is 0 Å². The van der Waals surface area contributed by atoms with Gasteiger partial charge in [-0.2, -0.15) is 5.10 Å². The van der Waals surface area contributed by atoms with E-state index in [0.717, 1.165) is 18.6 Å². The highest BCUT2D eigenvalue weighted by molar-refractivity contribution is 6.30. The summed E-state index contributed by atoms with van der Waals surface area (Å²) in [7, 11) is 0. The molecule has 0 unspecified atom stereocenters. The van der Waals surface area contributed by atoms with Crippen LogP contribution in [0.25, 0.3) is 0 Å². The van der Waals surface area contributed by atoms with E-state index in [9.17, 15) is 4.79 Å². The van der Waals surface area contributed by atoms with E-state index in [0.29, 0.717) is 28.3 Å². The van der Waals surface area contributed by atoms with Gasteiger partial charge in [0.2, 0.25) is 0 Å². The molecule has 1 aliphatic carbocycles. The minimum Gasteiger partial charge on any atom is -0.267 e. The predicted octanol–water partition coefficient (Wildman–Crippen LogP) is 4.52. The molecule has 0 bridgehead atoms. The number of nitrogens with one attached hydrogen (secondary N) is 1. The van der Waals surface area contributed by atoms with Crippen LogP contribution in [0.1, 0.15) is 50.4 Å². The van der Waals surface area contributed by atoms with E-state index in [1.54, 1.807) is 24.3 Å². The van der Waals surface area contributed by atoms with E-state index in [1.807, 2.05) is 0 Å². The Morgan fingerprint density at radius 1 is 1.29 bits per heavy atom. The third-order valence-electron chi connectivity index (χ3n) is 4.17. The smallest absolute Gasteiger partial charge is 0.267 e. The fourth-order valence-electron chi connectivity index (χ4n) is 2.88.